The number of carbonyl (C=O) groups is 2. The van der Waals surface area contributed by atoms with Gasteiger partial charge in [0, 0.05) is 31.3 Å². The number of benzene rings is 2. The van der Waals surface area contributed by atoms with Gasteiger partial charge < -0.3 is 15.2 Å². The highest BCUT2D eigenvalue weighted by atomic mass is 32.2. The van der Waals surface area contributed by atoms with E-state index in [2.05, 4.69) is 20.8 Å². The van der Waals surface area contributed by atoms with Crippen LogP contribution in [0.25, 0.3) is 0 Å². The fraction of sp³-hybridized carbons (Fsp3) is 0.333. The molecule has 184 valence electrons. The third kappa shape index (κ3) is 7.12. The first-order valence-electron chi connectivity index (χ1n) is 11.1. The molecule has 0 bridgehead atoms. The lowest BCUT2D eigenvalue weighted by molar-refractivity contribution is -0.384. The summed E-state index contributed by atoms with van der Waals surface area (Å²) in [6.07, 6.45) is 0.756. The van der Waals surface area contributed by atoms with Crippen LogP contribution < -0.4 is 10.6 Å². The molecule has 0 spiro atoms. The van der Waals surface area contributed by atoms with Crippen LogP contribution in [0.15, 0.2) is 59.8 Å². The molecule has 0 saturated heterocycles. The van der Waals surface area contributed by atoms with Crippen molar-refractivity contribution in [3.05, 3.63) is 81.7 Å². The van der Waals surface area contributed by atoms with Crippen molar-refractivity contribution in [2.75, 3.05) is 12.3 Å². The minimum atomic E-state index is -0.541. The lowest BCUT2D eigenvalue weighted by Gasteiger charge is -2.21. The topological polar surface area (TPSA) is 132 Å². The number of carbonyl (C=O) groups excluding carboxylic acids is 2. The molecule has 35 heavy (non-hydrogen) atoms. The fourth-order valence-corrected chi connectivity index (χ4v) is 4.16. The lowest BCUT2D eigenvalue weighted by atomic mass is 10.0. The average molecular weight is 497 g/mol. The summed E-state index contributed by atoms with van der Waals surface area (Å²) in [4.78, 5) is 35.5. The van der Waals surface area contributed by atoms with Crippen molar-refractivity contribution in [3.8, 4) is 0 Å². The van der Waals surface area contributed by atoms with E-state index in [1.54, 1.807) is 11.6 Å². The van der Waals surface area contributed by atoms with E-state index < -0.39 is 16.9 Å². The monoisotopic (exact) mass is 496 g/mol. The number of hydrogen-bond acceptors (Lipinski definition) is 7. The zero-order valence-corrected chi connectivity index (χ0v) is 20.6. The largest absolute Gasteiger partial charge is 0.355 e. The molecular weight excluding hydrogens is 468 g/mol. The first kappa shape index (κ1) is 25.9. The van der Waals surface area contributed by atoms with Gasteiger partial charge >= 0.3 is 0 Å². The predicted octanol–water partition coefficient (Wildman–Crippen LogP) is 3.30. The van der Waals surface area contributed by atoms with Gasteiger partial charge in [0.15, 0.2) is 11.0 Å². The molecule has 11 heteroatoms. The zero-order valence-electron chi connectivity index (χ0n) is 19.8. The molecule has 0 aliphatic carbocycles. The molecule has 1 aromatic heterocycles. The lowest BCUT2D eigenvalue weighted by Crippen LogP contribution is -2.33. The molecule has 0 aliphatic rings. The van der Waals surface area contributed by atoms with E-state index in [0.717, 1.165) is 12.0 Å². The van der Waals surface area contributed by atoms with Gasteiger partial charge in [0.05, 0.1) is 16.7 Å². The second kappa shape index (κ2) is 12.1. The van der Waals surface area contributed by atoms with E-state index in [-0.39, 0.29) is 28.8 Å². The molecule has 2 amide bonds. The Labute approximate surface area is 207 Å². The number of non-ortho nitro benzene ring substituents is 1. The number of nitro groups is 1. The summed E-state index contributed by atoms with van der Waals surface area (Å²) in [5, 5.41) is 25.8. The maximum absolute atomic E-state index is 12.8. The molecule has 0 radical (unpaired) electrons. The van der Waals surface area contributed by atoms with Crippen LogP contribution in [0.4, 0.5) is 5.69 Å². The molecule has 0 unspecified atom stereocenters. The molecule has 10 nitrogen and oxygen atoms in total. The van der Waals surface area contributed by atoms with Crippen molar-refractivity contribution in [1.82, 2.24) is 25.4 Å². The van der Waals surface area contributed by atoms with Crippen LogP contribution in [0, 0.1) is 16.0 Å². The first-order valence-corrected chi connectivity index (χ1v) is 12.1. The summed E-state index contributed by atoms with van der Waals surface area (Å²) in [5.74, 6) is 0.148. The van der Waals surface area contributed by atoms with Crippen LogP contribution in [-0.4, -0.2) is 43.8 Å². The van der Waals surface area contributed by atoms with Crippen molar-refractivity contribution < 1.29 is 14.5 Å². The Hall–Kier alpha value is -3.73. The molecule has 3 aromatic rings. The van der Waals surface area contributed by atoms with Crippen LogP contribution in [0.5, 0.6) is 0 Å². The SMILES string of the molecule is CC(C)[C@H](NC(=O)c1cccc([N+](=O)[O-])c1)c1nnc(SCC(=O)NCCc2ccccc2)n1C. The number of nitrogens with zero attached hydrogens (tertiary/aromatic N) is 4. The molecule has 1 heterocycles. The number of amides is 2. The second-order valence-corrected chi connectivity index (χ2v) is 9.22. The van der Waals surface area contributed by atoms with Crippen LogP contribution >= 0.6 is 11.8 Å². The molecule has 0 aliphatic heterocycles. The van der Waals surface area contributed by atoms with Crippen LogP contribution in [0.2, 0.25) is 0 Å². The van der Waals surface area contributed by atoms with Crippen molar-refractivity contribution in [3.63, 3.8) is 0 Å². The second-order valence-electron chi connectivity index (χ2n) is 8.28. The summed E-state index contributed by atoms with van der Waals surface area (Å²) in [5.41, 5.74) is 1.19. The summed E-state index contributed by atoms with van der Waals surface area (Å²) in [6.45, 7) is 4.41. The van der Waals surface area contributed by atoms with Crippen molar-refractivity contribution in [2.45, 2.75) is 31.5 Å². The van der Waals surface area contributed by atoms with Gasteiger partial charge in [0.2, 0.25) is 5.91 Å². The quantitative estimate of drug-likeness (QED) is 0.236. The molecular formula is C24H28N6O4S. The number of nitrogens with one attached hydrogen (secondary N) is 2. The number of rotatable bonds is 11. The Bertz CT molecular complexity index is 1180. The molecule has 0 saturated carbocycles. The number of thioether (sulfide) groups is 1. The smallest absolute Gasteiger partial charge is 0.270 e. The number of hydrogen-bond donors (Lipinski definition) is 2. The Kier molecular flexibility index (Phi) is 8.96. The highest BCUT2D eigenvalue weighted by molar-refractivity contribution is 7.99. The Morgan fingerprint density at radius 2 is 1.86 bits per heavy atom. The van der Waals surface area contributed by atoms with E-state index in [9.17, 15) is 19.7 Å². The Morgan fingerprint density at radius 3 is 2.54 bits per heavy atom. The van der Waals surface area contributed by atoms with Gasteiger partial charge in [-0.2, -0.15) is 0 Å². The predicted molar refractivity (Wildman–Crippen MR) is 133 cm³/mol. The van der Waals surface area contributed by atoms with E-state index in [4.69, 9.17) is 0 Å². The average Bonchev–Trinajstić information content (AvgIpc) is 3.21. The molecule has 3 rings (SSSR count). The van der Waals surface area contributed by atoms with E-state index in [0.29, 0.717) is 17.5 Å². The summed E-state index contributed by atoms with van der Waals surface area (Å²) < 4.78 is 1.75. The van der Waals surface area contributed by atoms with Crippen LogP contribution in [-0.2, 0) is 18.3 Å². The highest BCUT2D eigenvalue weighted by Crippen LogP contribution is 2.25. The minimum absolute atomic E-state index is 0.0281. The molecule has 2 aromatic carbocycles. The van der Waals surface area contributed by atoms with Gasteiger partial charge in [-0.25, -0.2) is 0 Å². The van der Waals surface area contributed by atoms with Gasteiger partial charge in [-0.3, -0.25) is 19.7 Å². The third-order valence-corrected chi connectivity index (χ3v) is 6.35. The third-order valence-electron chi connectivity index (χ3n) is 5.33. The van der Waals surface area contributed by atoms with E-state index >= 15 is 0 Å². The van der Waals surface area contributed by atoms with E-state index in [1.165, 1.54) is 36.0 Å². The maximum Gasteiger partial charge on any atom is 0.270 e. The summed E-state index contributed by atoms with van der Waals surface area (Å²) in [7, 11) is 1.78. The van der Waals surface area contributed by atoms with Gasteiger partial charge in [-0.05, 0) is 24.0 Å². The van der Waals surface area contributed by atoms with Crippen molar-refractivity contribution in [1.29, 1.82) is 0 Å². The Morgan fingerprint density at radius 1 is 1.11 bits per heavy atom. The maximum atomic E-state index is 12.8. The van der Waals surface area contributed by atoms with Gasteiger partial charge in [-0.15, -0.1) is 10.2 Å². The summed E-state index contributed by atoms with van der Waals surface area (Å²) in [6, 6.07) is 15.0. The highest BCUT2D eigenvalue weighted by Gasteiger charge is 2.26. The van der Waals surface area contributed by atoms with Crippen LogP contribution in [0.1, 0.15) is 41.6 Å². The Balaban J connectivity index is 1.59. The van der Waals surface area contributed by atoms with Gasteiger partial charge in [-0.1, -0.05) is 62.0 Å². The molecule has 1 atom stereocenters. The zero-order chi connectivity index (χ0) is 25.4. The molecule has 0 fully saturated rings. The first-order chi connectivity index (χ1) is 16.8. The van der Waals surface area contributed by atoms with Crippen molar-refractivity contribution in [2.24, 2.45) is 13.0 Å². The van der Waals surface area contributed by atoms with E-state index in [1.807, 2.05) is 44.2 Å². The van der Waals surface area contributed by atoms with Gasteiger partial charge in [0.1, 0.15) is 0 Å². The minimum Gasteiger partial charge on any atom is -0.355 e. The van der Waals surface area contributed by atoms with Crippen molar-refractivity contribution >= 4 is 29.3 Å². The van der Waals surface area contributed by atoms with Gasteiger partial charge in [0.25, 0.3) is 11.6 Å². The number of nitro benzene ring substituents is 1. The molecule has 2 N–H and O–H groups in total. The van der Waals surface area contributed by atoms with Crippen LogP contribution in [0.3, 0.4) is 0 Å². The number of aromatic nitrogens is 3. The standard InChI is InChI=1S/C24H28N6O4S/c1-16(2)21(26-23(32)18-10-7-11-19(14-18)30(33)34)22-27-28-24(29(22)3)35-15-20(31)25-13-12-17-8-5-4-6-9-17/h4-11,14,16,21H,12-13,15H2,1-3H3,(H,25,31)(H,26,32)/t21-/m0/s1. The summed E-state index contributed by atoms with van der Waals surface area (Å²) >= 11 is 1.26. The normalized spacial score (nSPS) is 11.8. The fourth-order valence-electron chi connectivity index (χ4n) is 3.41.